The first-order valence-corrected chi connectivity index (χ1v) is 5.41. The number of hydrogen-bond acceptors (Lipinski definition) is 4. The molecule has 0 aliphatic heterocycles. The Morgan fingerprint density at radius 3 is 2.32 bits per heavy atom. The van der Waals surface area contributed by atoms with Gasteiger partial charge in [-0.3, -0.25) is 10.5 Å². The van der Waals surface area contributed by atoms with E-state index in [1.165, 1.54) is 23.0 Å². The number of hydrogen-bond donors (Lipinski definition) is 2. The summed E-state index contributed by atoms with van der Waals surface area (Å²) >= 11 is 0. The second kappa shape index (κ2) is 4.98. The fourth-order valence-electron chi connectivity index (χ4n) is 1.78. The summed E-state index contributed by atoms with van der Waals surface area (Å²) in [6, 6.07) is 4.32. The van der Waals surface area contributed by atoms with Gasteiger partial charge in [-0.05, 0) is 17.7 Å². The Bertz CT molecular complexity index is 546. The molecule has 0 radical (unpaired) electrons. The van der Waals surface area contributed by atoms with Gasteiger partial charge < -0.3 is 0 Å². The van der Waals surface area contributed by atoms with Gasteiger partial charge in [0.1, 0.15) is 0 Å². The normalized spacial score (nSPS) is 13.5. The molecule has 0 spiro atoms. The summed E-state index contributed by atoms with van der Waals surface area (Å²) < 4.78 is 38.9. The van der Waals surface area contributed by atoms with Gasteiger partial charge in [0, 0.05) is 7.05 Å². The molecule has 0 saturated heterocycles. The summed E-state index contributed by atoms with van der Waals surface area (Å²) in [7, 11) is 1.68. The number of nitrogens with two attached hydrogens (primary N) is 1. The van der Waals surface area contributed by atoms with Crippen molar-refractivity contribution in [3.63, 3.8) is 0 Å². The van der Waals surface area contributed by atoms with Crippen molar-refractivity contribution in [1.82, 2.24) is 20.4 Å². The van der Waals surface area contributed by atoms with Crippen LogP contribution in [0.15, 0.2) is 30.5 Å². The van der Waals surface area contributed by atoms with Gasteiger partial charge in [-0.2, -0.15) is 13.2 Å². The van der Waals surface area contributed by atoms with E-state index in [9.17, 15) is 13.2 Å². The molecule has 0 aliphatic carbocycles. The topological polar surface area (TPSA) is 68.8 Å². The van der Waals surface area contributed by atoms with Crippen LogP contribution in [0.1, 0.15) is 22.9 Å². The Hall–Kier alpha value is -1.93. The first-order valence-electron chi connectivity index (χ1n) is 5.41. The molecular formula is C11H12F3N5. The molecule has 102 valence electrons. The summed E-state index contributed by atoms with van der Waals surface area (Å²) in [5.41, 5.74) is 3.09. The predicted octanol–water partition coefficient (Wildman–Crippen LogP) is 1.39. The first kappa shape index (κ1) is 13.5. The summed E-state index contributed by atoms with van der Waals surface area (Å²) in [6.45, 7) is 0. The van der Waals surface area contributed by atoms with Gasteiger partial charge in [0.05, 0.1) is 23.5 Å². The molecule has 1 atom stereocenters. The van der Waals surface area contributed by atoms with Crippen molar-refractivity contribution in [2.75, 3.05) is 0 Å². The van der Waals surface area contributed by atoms with Gasteiger partial charge in [-0.15, -0.1) is 5.10 Å². The van der Waals surface area contributed by atoms with Crippen LogP contribution in [0.25, 0.3) is 0 Å². The third-order valence-electron chi connectivity index (χ3n) is 2.78. The van der Waals surface area contributed by atoms with Gasteiger partial charge in [0.15, 0.2) is 0 Å². The van der Waals surface area contributed by atoms with E-state index in [-0.39, 0.29) is 0 Å². The number of nitrogens with one attached hydrogen (secondary N) is 1. The quantitative estimate of drug-likeness (QED) is 0.654. The lowest BCUT2D eigenvalue weighted by molar-refractivity contribution is -0.137. The number of alkyl halides is 3. The van der Waals surface area contributed by atoms with E-state index >= 15 is 0 Å². The highest BCUT2D eigenvalue weighted by Crippen LogP contribution is 2.30. The average molecular weight is 271 g/mol. The smallest absolute Gasteiger partial charge is 0.271 e. The highest BCUT2D eigenvalue weighted by atomic mass is 19.4. The zero-order chi connectivity index (χ0) is 14.0. The summed E-state index contributed by atoms with van der Waals surface area (Å²) in [5, 5.41) is 7.47. The maximum absolute atomic E-state index is 12.5. The average Bonchev–Trinajstić information content (AvgIpc) is 2.76. The number of hydrazine groups is 1. The fourth-order valence-corrected chi connectivity index (χ4v) is 1.78. The molecule has 1 aromatic heterocycles. The Kier molecular flexibility index (Phi) is 3.54. The molecule has 1 aromatic carbocycles. The largest absolute Gasteiger partial charge is 0.416 e. The lowest BCUT2D eigenvalue weighted by Crippen LogP contribution is -2.30. The highest BCUT2D eigenvalue weighted by molar-refractivity contribution is 5.30. The molecule has 8 heteroatoms. The SMILES string of the molecule is Cn1nncc1C(NN)c1ccc(C(F)(F)F)cc1. The molecule has 0 saturated carbocycles. The van der Waals surface area contributed by atoms with Crippen molar-refractivity contribution >= 4 is 0 Å². The maximum Gasteiger partial charge on any atom is 0.416 e. The molecule has 1 heterocycles. The number of nitrogens with zero attached hydrogens (tertiary/aromatic N) is 3. The van der Waals surface area contributed by atoms with E-state index in [4.69, 9.17) is 5.84 Å². The minimum Gasteiger partial charge on any atom is -0.271 e. The minimum atomic E-state index is -4.35. The van der Waals surface area contributed by atoms with Crippen molar-refractivity contribution in [3.05, 3.63) is 47.3 Å². The summed E-state index contributed by atoms with van der Waals surface area (Å²) in [6.07, 6.45) is -2.85. The molecule has 2 aromatic rings. The van der Waals surface area contributed by atoms with Crippen LogP contribution < -0.4 is 11.3 Å². The summed E-state index contributed by atoms with van der Waals surface area (Å²) in [4.78, 5) is 0. The highest BCUT2D eigenvalue weighted by Gasteiger charge is 2.30. The fraction of sp³-hybridized carbons (Fsp3) is 0.273. The summed E-state index contributed by atoms with van der Waals surface area (Å²) in [5.74, 6) is 5.45. The molecule has 2 rings (SSSR count). The molecule has 1 unspecified atom stereocenters. The van der Waals surface area contributed by atoms with Crippen molar-refractivity contribution in [3.8, 4) is 0 Å². The van der Waals surface area contributed by atoms with Crippen LogP contribution in [0, 0.1) is 0 Å². The number of aryl methyl sites for hydroxylation is 1. The standard InChI is InChI=1S/C11H12F3N5/c1-19-9(6-16-18-19)10(17-15)7-2-4-8(5-3-7)11(12,13)14/h2-6,10,17H,15H2,1H3. The monoisotopic (exact) mass is 271 g/mol. The second-order valence-electron chi connectivity index (χ2n) is 4.00. The van der Waals surface area contributed by atoms with Gasteiger partial charge in [0.25, 0.3) is 0 Å². The number of aromatic nitrogens is 3. The number of halogens is 3. The van der Waals surface area contributed by atoms with E-state index in [2.05, 4.69) is 15.7 Å². The lowest BCUT2D eigenvalue weighted by atomic mass is 10.0. The molecule has 0 amide bonds. The van der Waals surface area contributed by atoms with E-state index < -0.39 is 17.8 Å². The Morgan fingerprint density at radius 2 is 1.89 bits per heavy atom. The van der Waals surface area contributed by atoms with Crippen LogP contribution >= 0.6 is 0 Å². The molecule has 0 bridgehead atoms. The van der Waals surface area contributed by atoms with Crippen molar-refractivity contribution in [1.29, 1.82) is 0 Å². The molecule has 5 nitrogen and oxygen atoms in total. The van der Waals surface area contributed by atoms with Gasteiger partial charge >= 0.3 is 6.18 Å². The van der Waals surface area contributed by atoms with E-state index in [1.54, 1.807) is 7.05 Å². The maximum atomic E-state index is 12.5. The molecule has 19 heavy (non-hydrogen) atoms. The van der Waals surface area contributed by atoms with Crippen LogP contribution in [-0.2, 0) is 13.2 Å². The van der Waals surface area contributed by atoms with E-state index in [0.29, 0.717) is 11.3 Å². The van der Waals surface area contributed by atoms with Crippen LogP contribution in [0.2, 0.25) is 0 Å². The van der Waals surface area contributed by atoms with Gasteiger partial charge in [-0.25, -0.2) is 5.43 Å². The molecule has 0 aliphatic rings. The zero-order valence-corrected chi connectivity index (χ0v) is 10.0. The molecule has 0 fully saturated rings. The van der Waals surface area contributed by atoms with Crippen molar-refractivity contribution in [2.45, 2.75) is 12.2 Å². The predicted molar refractivity (Wildman–Crippen MR) is 61.6 cm³/mol. The Morgan fingerprint density at radius 1 is 1.26 bits per heavy atom. The third-order valence-corrected chi connectivity index (χ3v) is 2.78. The Labute approximate surface area is 107 Å². The van der Waals surface area contributed by atoms with Crippen molar-refractivity contribution < 1.29 is 13.2 Å². The first-order chi connectivity index (χ1) is 8.93. The van der Waals surface area contributed by atoms with Crippen LogP contribution in [0.4, 0.5) is 13.2 Å². The van der Waals surface area contributed by atoms with Gasteiger partial charge in [-0.1, -0.05) is 17.3 Å². The third kappa shape index (κ3) is 2.74. The second-order valence-corrected chi connectivity index (χ2v) is 4.00. The minimum absolute atomic E-state index is 0.470. The van der Waals surface area contributed by atoms with Crippen LogP contribution in [0.3, 0.4) is 0 Å². The van der Waals surface area contributed by atoms with E-state index in [0.717, 1.165) is 12.1 Å². The van der Waals surface area contributed by atoms with Crippen molar-refractivity contribution in [2.24, 2.45) is 12.9 Å². The van der Waals surface area contributed by atoms with Gasteiger partial charge in [0.2, 0.25) is 0 Å². The Balaban J connectivity index is 2.33. The lowest BCUT2D eigenvalue weighted by Gasteiger charge is -2.16. The molecular weight excluding hydrogens is 259 g/mol. The van der Waals surface area contributed by atoms with E-state index in [1.807, 2.05) is 0 Å². The molecule has 3 N–H and O–H groups in total. The number of benzene rings is 1. The number of rotatable bonds is 3. The van der Waals surface area contributed by atoms with Crippen LogP contribution in [-0.4, -0.2) is 15.0 Å². The zero-order valence-electron chi connectivity index (χ0n) is 10.0. The van der Waals surface area contributed by atoms with Crippen LogP contribution in [0.5, 0.6) is 0 Å².